The fourth-order valence-corrected chi connectivity index (χ4v) is 5.60. The van der Waals surface area contributed by atoms with Crippen molar-refractivity contribution in [3.63, 3.8) is 0 Å². The third-order valence-corrected chi connectivity index (χ3v) is 7.17. The predicted octanol–water partition coefficient (Wildman–Crippen LogP) is 5.40. The molecule has 0 unspecified atom stereocenters. The van der Waals surface area contributed by atoms with Crippen molar-refractivity contribution in [2.75, 3.05) is 5.32 Å². The van der Waals surface area contributed by atoms with Gasteiger partial charge < -0.3 is 11.1 Å². The lowest BCUT2D eigenvalue weighted by Crippen LogP contribution is -2.27. The Morgan fingerprint density at radius 1 is 1.10 bits per heavy atom. The van der Waals surface area contributed by atoms with Crippen LogP contribution in [0.5, 0.6) is 0 Å². The van der Waals surface area contributed by atoms with Crippen LogP contribution < -0.4 is 11.1 Å². The molecule has 2 amide bonds. The second-order valence-electron chi connectivity index (χ2n) is 8.86. The SMILES string of the molecule is CC(C)(C)[C@H]1CCc2c(sc(NC(=O)c3cccc4ccccc34)c2C(N)=O)C1. The van der Waals surface area contributed by atoms with Crippen molar-refractivity contribution in [2.24, 2.45) is 17.1 Å². The van der Waals surface area contributed by atoms with Crippen LogP contribution in [0, 0.1) is 11.3 Å². The van der Waals surface area contributed by atoms with Gasteiger partial charge in [-0.25, -0.2) is 0 Å². The summed E-state index contributed by atoms with van der Waals surface area (Å²) in [4.78, 5) is 26.5. The van der Waals surface area contributed by atoms with E-state index in [2.05, 4.69) is 26.1 Å². The van der Waals surface area contributed by atoms with Crippen LogP contribution in [-0.2, 0) is 12.8 Å². The standard InChI is InChI=1S/C24H26N2O2S/c1-24(2,3)15-11-12-18-19(13-15)29-23(20(18)21(25)27)26-22(28)17-10-6-8-14-7-4-5-9-16(14)17/h4-10,15H,11-13H2,1-3H3,(H2,25,27)(H,26,28)/t15-/m0/s1. The molecule has 1 atom stereocenters. The first-order chi connectivity index (χ1) is 13.8. The number of nitrogens with two attached hydrogens (primary N) is 1. The topological polar surface area (TPSA) is 72.2 Å². The predicted molar refractivity (Wildman–Crippen MR) is 120 cm³/mol. The molecular formula is C24H26N2O2S. The maximum atomic E-state index is 13.1. The summed E-state index contributed by atoms with van der Waals surface area (Å²) in [6, 6.07) is 13.5. The number of hydrogen-bond donors (Lipinski definition) is 2. The molecule has 0 saturated carbocycles. The van der Waals surface area contributed by atoms with E-state index in [0.717, 1.165) is 35.6 Å². The van der Waals surface area contributed by atoms with Crippen molar-refractivity contribution in [3.8, 4) is 0 Å². The number of nitrogens with one attached hydrogen (secondary N) is 1. The Balaban J connectivity index is 1.70. The Hall–Kier alpha value is -2.66. The molecule has 29 heavy (non-hydrogen) atoms. The van der Waals surface area contributed by atoms with E-state index in [1.165, 1.54) is 16.2 Å². The van der Waals surface area contributed by atoms with Gasteiger partial charge in [-0.05, 0) is 53.0 Å². The first-order valence-corrected chi connectivity index (χ1v) is 10.8. The Labute approximate surface area is 175 Å². The maximum absolute atomic E-state index is 13.1. The molecule has 0 saturated heterocycles. The lowest BCUT2D eigenvalue weighted by atomic mass is 9.72. The highest BCUT2D eigenvalue weighted by Gasteiger charge is 2.33. The van der Waals surface area contributed by atoms with E-state index in [9.17, 15) is 9.59 Å². The van der Waals surface area contributed by atoms with E-state index in [0.29, 0.717) is 22.0 Å². The van der Waals surface area contributed by atoms with Gasteiger partial charge in [0.25, 0.3) is 11.8 Å². The molecule has 1 aliphatic rings. The molecule has 1 aromatic heterocycles. The van der Waals surface area contributed by atoms with E-state index in [4.69, 9.17) is 5.73 Å². The van der Waals surface area contributed by atoms with Crippen molar-refractivity contribution in [2.45, 2.75) is 40.0 Å². The number of carbonyl (C=O) groups is 2. The van der Waals surface area contributed by atoms with E-state index in [1.54, 1.807) is 0 Å². The molecule has 0 aliphatic heterocycles. The zero-order valence-corrected chi connectivity index (χ0v) is 17.9. The maximum Gasteiger partial charge on any atom is 0.256 e. The molecule has 0 radical (unpaired) electrons. The Bertz CT molecular complexity index is 1100. The molecular weight excluding hydrogens is 380 g/mol. The third-order valence-electron chi connectivity index (χ3n) is 6.00. The van der Waals surface area contributed by atoms with Gasteiger partial charge in [0.2, 0.25) is 0 Å². The minimum Gasteiger partial charge on any atom is -0.365 e. The van der Waals surface area contributed by atoms with Gasteiger partial charge >= 0.3 is 0 Å². The molecule has 3 aromatic rings. The molecule has 1 heterocycles. The number of amides is 2. The summed E-state index contributed by atoms with van der Waals surface area (Å²) < 4.78 is 0. The smallest absolute Gasteiger partial charge is 0.256 e. The molecule has 0 bridgehead atoms. The number of anilines is 1. The minimum absolute atomic E-state index is 0.209. The van der Waals surface area contributed by atoms with Gasteiger partial charge in [-0.15, -0.1) is 11.3 Å². The molecule has 2 aromatic carbocycles. The average Bonchev–Trinajstić information content (AvgIpc) is 3.03. The highest BCUT2D eigenvalue weighted by Crippen LogP contribution is 2.44. The van der Waals surface area contributed by atoms with Crippen LogP contribution in [0.25, 0.3) is 10.8 Å². The number of carbonyl (C=O) groups excluding carboxylic acids is 2. The van der Waals surface area contributed by atoms with Gasteiger partial charge in [0.1, 0.15) is 5.00 Å². The van der Waals surface area contributed by atoms with Crippen LogP contribution in [-0.4, -0.2) is 11.8 Å². The van der Waals surface area contributed by atoms with E-state index >= 15 is 0 Å². The van der Waals surface area contributed by atoms with E-state index in [1.807, 2.05) is 42.5 Å². The number of fused-ring (bicyclic) bond motifs is 2. The Kier molecular flexibility index (Phi) is 4.95. The number of primary amides is 1. The average molecular weight is 407 g/mol. The van der Waals surface area contributed by atoms with E-state index < -0.39 is 5.91 Å². The molecule has 1 aliphatic carbocycles. The summed E-state index contributed by atoms with van der Waals surface area (Å²) in [6.07, 6.45) is 2.79. The van der Waals surface area contributed by atoms with Gasteiger partial charge in [-0.1, -0.05) is 57.2 Å². The molecule has 0 spiro atoms. The highest BCUT2D eigenvalue weighted by molar-refractivity contribution is 7.17. The monoisotopic (exact) mass is 406 g/mol. The summed E-state index contributed by atoms with van der Waals surface area (Å²) >= 11 is 1.51. The number of thiophene rings is 1. The molecule has 0 fully saturated rings. The largest absolute Gasteiger partial charge is 0.365 e. The molecule has 4 rings (SSSR count). The fraction of sp³-hybridized carbons (Fsp3) is 0.333. The van der Waals surface area contributed by atoms with Gasteiger partial charge in [0.05, 0.1) is 5.56 Å². The number of hydrogen-bond acceptors (Lipinski definition) is 3. The summed E-state index contributed by atoms with van der Waals surface area (Å²) in [7, 11) is 0. The normalized spacial score (nSPS) is 16.4. The van der Waals surface area contributed by atoms with Crippen LogP contribution in [0.3, 0.4) is 0 Å². The van der Waals surface area contributed by atoms with Crippen LogP contribution in [0.15, 0.2) is 42.5 Å². The molecule has 3 N–H and O–H groups in total. The van der Waals surface area contributed by atoms with Crippen molar-refractivity contribution in [1.82, 2.24) is 0 Å². The number of benzene rings is 2. The van der Waals surface area contributed by atoms with E-state index in [-0.39, 0.29) is 11.3 Å². The second kappa shape index (κ2) is 7.30. The lowest BCUT2D eigenvalue weighted by molar-refractivity contribution is 0.1000. The highest BCUT2D eigenvalue weighted by atomic mass is 32.1. The first-order valence-electron chi connectivity index (χ1n) is 9.99. The molecule has 4 nitrogen and oxygen atoms in total. The Morgan fingerprint density at radius 3 is 2.55 bits per heavy atom. The summed E-state index contributed by atoms with van der Waals surface area (Å²) in [5.74, 6) is -0.129. The lowest BCUT2D eigenvalue weighted by Gasteiger charge is -2.33. The first kappa shape index (κ1) is 19.6. The van der Waals surface area contributed by atoms with Crippen LogP contribution in [0.1, 0.15) is 58.3 Å². The third kappa shape index (κ3) is 3.67. The van der Waals surface area contributed by atoms with Crippen molar-refractivity contribution < 1.29 is 9.59 Å². The van der Waals surface area contributed by atoms with Gasteiger partial charge in [0.15, 0.2) is 0 Å². The summed E-state index contributed by atoms with van der Waals surface area (Å²) in [5, 5.41) is 5.47. The quantitative estimate of drug-likeness (QED) is 0.611. The molecule has 150 valence electrons. The zero-order valence-electron chi connectivity index (χ0n) is 17.0. The van der Waals surface area contributed by atoms with Crippen molar-refractivity contribution in [3.05, 3.63) is 64.0 Å². The van der Waals surface area contributed by atoms with Gasteiger partial charge in [0, 0.05) is 10.4 Å². The second-order valence-corrected chi connectivity index (χ2v) is 9.96. The van der Waals surface area contributed by atoms with Gasteiger partial charge in [-0.3, -0.25) is 9.59 Å². The number of rotatable bonds is 3. The van der Waals surface area contributed by atoms with Gasteiger partial charge in [-0.2, -0.15) is 0 Å². The Morgan fingerprint density at radius 2 is 1.83 bits per heavy atom. The minimum atomic E-state index is -0.468. The van der Waals surface area contributed by atoms with Crippen molar-refractivity contribution in [1.29, 1.82) is 0 Å². The summed E-state index contributed by atoms with van der Waals surface area (Å²) in [5.41, 5.74) is 8.04. The van der Waals surface area contributed by atoms with Crippen LogP contribution in [0.2, 0.25) is 0 Å². The zero-order chi connectivity index (χ0) is 20.8. The van der Waals surface area contributed by atoms with Crippen LogP contribution in [0.4, 0.5) is 5.00 Å². The van der Waals surface area contributed by atoms with Crippen molar-refractivity contribution >= 4 is 38.9 Å². The fourth-order valence-electron chi connectivity index (χ4n) is 4.27. The molecule has 5 heteroatoms. The summed E-state index contributed by atoms with van der Waals surface area (Å²) in [6.45, 7) is 6.78. The van der Waals surface area contributed by atoms with Crippen LogP contribution >= 0.6 is 11.3 Å².